The highest BCUT2D eigenvalue weighted by atomic mass is 32.1. The molecule has 16 heavy (non-hydrogen) atoms. The molecular weight excluding hydrogens is 220 g/mol. The van der Waals surface area contributed by atoms with Gasteiger partial charge >= 0.3 is 0 Å². The molecule has 0 aliphatic carbocycles. The van der Waals surface area contributed by atoms with Crippen molar-refractivity contribution in [3.8, 4) is 0 Å². The Bertz CT molecular complexity index is 245. The predicted molar refractivity (Wildman–Crippen MR) is 70.9 cm³/mol. The number of hydrogen-bond donors (Lipinski definition) is 1. The summed E-state index contributed by atoms with van der Waals surface area (Å²) >= 11 is 4.37. The highest BCUT2D eigenvalue weighted by molar-refractivity contribution is 7.81. The summed E-state index contributed by atoms with van der Waals surface area (Å²) < 4.78 is 0. The molecule has 1 saturated heterocycles. The lowest BCUT2D eigenvalue weighted by Gasteiger charge is -2.25. The molecule has 2 unspecified atom stereocenters. The summed E-state index contributed by atoms with van der Waals surface area (Å²) in [6.07, 6.45) is 1.20. The average Bonchev–Trinajstić information content (AvgIpc) is 2.61. The maximum Gasteiger partial charge on any atom is 0.235 e. The van der Waals surface area contributed by atoms with Gasteiger partial charge in [0.05, 0.1) is 5.25 Å². The molecule has 1 aliphatic heterocycles. The van der Waals surface area contributed by atoms with Crippen LogP contribution in [0.15, 0.2) is 0 Å². The number of amides is 1. The van der Waals surface area contributed by atoms with Crippen LogP contribution < -0.4 is 0 Å². The summed E-state index contributed by atoms with van der Waals surface area (Å²) in [4.78, 5) is 16.2. The van der Waals surface area contributed by atoms with E-state index >= 15 is 0 Å². The van der Waals surface area contributed by atoms with Crippen LogP contribution in [-0.2, 0) is 4.79 Å². The number of likely N-dealkylation sites (tertiary alicyclic amines) is 1. The molecule has 1 amide bonds. The molecule has 2 atom stereocenters. The number of carbonyl (C=O) groups is 1. The van der Waals surface area contributed by atoms with Gasteiger partial charge in [0.1, 0.15) is 0 Å². The van der Waals surface area contributed by atoms with Crippen LogP contribution in [0.1, 0.15) is 20.3 Å². The minimum absolute atomic E-state index is 0.160. The Morgan fingerprint density at radius 3 is 2.62 bits per heavy atom. The topological polar surface area (TPSA) is 23.6 Å². The third-order valence-corrected chi connectivity index (χ3v) is 4.10. The predicted octanol–water partition coefficient (Wildman–Crippen LogP) is 1.35. The summed E-state index contributed by atoms with van der Waals surface area (Å²) in [7, 11) is 4.03. The van der Waals surface area contributed by atoms with Crippen molar-refractivity contribution in [2.75, 3.05) is 33.7 Å². The van der Waals surface area contributed by atoms with Crippen LogP contribution in [0, 0.1) is 11.8 Å². The third kappa shape index (κ3) is 3.67. The quantitative estimate of drug-likeness (QED) is 0.755. The second-order valence-corrected chi connectivity index (χ2v) is 5.88. The van der Waals surface area contributed by atoms with Gasteiger partial charge in [-0.05, 0) is 31.8 Å². The molecule has 0 saturated carbocycles. The summed E-state index contributed by atoms with van der Waals surface area (Å²) in [6, 6.07) is 0. The van der Waals surface area contributed by atoms with Gasteiger partial charge < -0.3 is 9.80 Å². The molecular formula is C12H24N2OS. The number of hydrogen-bond acceptors (Lipinski definition) is 3. The lowest BCUT2D eigenvalue weighted by atomic mass is 10.1. The molecule has 0 N–H and O–H groups in total. The first-order valence-electron chi connectivity index (χ1n) is 6.03. The monoisotopic (exact) mass is 244 g/mol. The maximum atomic E-state index is 12.0. The number of thiol groups is 1. The van der Waals surface area contributed by atoms with Gasteiger partial charge in [-0.1, -0.05) is 13.8 Å². The Hall–Kier alpha value is -0.220. The van der Waals surface area contributed by atoms with E-state index in [1.54, 1.807) is 0 Å². The van der Waals surface area contributed by atoms with Gasteiger partial charge in [0, 0.05) is 20.1 Å². The van der Waals surface area contributed by atoms with Gasteiger partial charge in [0.2, 0.25) is 5.91 Å². The molecule has 0 radical (unpaired) electrons. The molecule has 1 heterocycles. The van der Waals surface area contributed by atoms with E-state index in [9.17, 15) is 4.79 Å². The Labute approximate surface area is 105 Å². The van der Waals surface area contributed by atoms with E-state index in [1.807, 2.05) is 25.8 Å². The maximum absolute atomic E-state index is 12.0. The zero-order valence-corrected chi connectivity index (χ0v) is 11.7. The first-order valence-corrected chi connectivity index (χ1v) is 6.55. The van der Waals surface area contributed by atoms with Crippen LogP contribution in [0.3, 0.4) is 0 Å². The van der Waals surface area contributed by atoms with Crippen LogP contribution in [0.2, 0.25) is 0 Å². The van der Waals surface area contributed by atoms with E-state index in [-0.39, 0.29) is 11.2 Å². The fourth-order valence-electron chi connectivity index (χ4n) is 2.16. The van der Waals surface area contributed by atoms with E-state index in [1.165, 1.54) is 6.42 Å². The third-order valence-electron chi connectivity index (χ3n) is 3.28. The van der Waals surface area contributed by atoms with Crippen LogP contribution >= 0.6 is 12.6 Å². The van der Waals surface area contributed by atoms with Crippen molar-refractivity contribution >= 4 is 18.5 Å². The van der Waals surface area contributed by atoms with Gasteiger partial charge in [-0.2, -0.15) is 12.6 Å². The van der Waals surface area contributed by atoms with Gasteiger partial charge in [-0.25, -0.2) is 0 Å². The first-order chi connectivity index (χ1) is 7.41. The highest BCUT2D eigenvalue weighted by Crippen LogP contribution is 2.17. The van der Waals surface area contributed by atoms with Crippen LogP contribution in [0.25, 0.3) is 0 Å². The van der Waals surface area contributed by atoms with Crippen LogP contribution in [0.4, 0.5) is 0 Å². The Balaban J connectivity index is 2.39. The zero-order chi connectivity index (χ0) is 12.3. The molecule has 3 nitrogen and oxygen atoms in total. The van der Waals surface area contributed by atoms with Gasteiger partial charge in [0.25, 0.3) is 0 Å². The standard InChI is InChI=1S/C12H24N2OS/c1-9(2)11(16)12(15)14(4)8-10-5-6-13(3)7-10/h9-11,16H,5-8H2,1-4H3. The lowest BCUT2D eigenvalue weighted by Crippen LogP contribution is -2.39. The van der Waals surface area contributed by atoms with Crippen LogP contribution in [-0.4, -0.2) is 54.7 Å². The van der Waals surface area contributed by atoms with E-state index < -0.39 is 0 Å². The van der Waals surface area contributed by atoms with Crippen molar-refractivity contribution in [1.82, 2.24) is 9.80 Å². The van der Waals surface area contributed by atoms with Crippen LogP contribution in [0.5, 0.6) is 0 Å². The first kappa shape index (κ1) is 13.8. The van der Waals surface area contributed by atoms with E-state index in [4.69, 9.17) is 0 Å². The Kier molecular flexibility index (Phi) is 5.12. The zero-order valence-electron chi connectivity index (χ0n) is 10.8. The highest BCUT2D eigenvalue weighted by Gasteiger charge is 2.26. The minimum atomic E-state index is -0.163. The van der Waals surface area contributed by atoms with E-state index in [0.29, 0.717) is 11.8 Å². The largest absolute Gasteiger partial charge is 0.344 e. The van der Waals surface area contributed by atoms with Crippen molar-refractivity contribution < 1.29 is 4.79 Å². The molecule has 4 heteroatoms. The molecule has 0 aromatic carbocycles. The van der Waals surface area contributed by atoms with Crippen molar-refractivity contribution in [3.05, 3.63) is 0 Å². The molecule has 94 valence electrons. The van der Waals surface area contributed by atoms with Crippen molar-refractivity contribution in [3.63, 3.8) is 0 Å². The molecule has 0 aromatic heterocycles. The SMILES string of the molecule is CC(C)C(S)C(=O)N(C)CC1CCN(C)C1. The number of carbonyl (C=O) groups excluding carboxylic acids is 1. The van der Waals surface area contributed by atoms with Crippen molar-refractivity contribution in [2.24, 2.45) is 11.8 Å². The summed E-state index contributed by atoms with van der Waals surface area (Å²) in [5, 5.41) is -0.163. The second kappa shape index (κ2) is 5.92. The summed E-state index contributed by atoms with van der Waals surface area (Å²) in [5.41, 5.74) is 0. The van der Waals surface area contributed by atoms with Crippen molar-refractivity contribution in [2.45, 2.75) is 25.5 Å². The molecule has 0 bridgehead atoms. The fourth-order valence-corrected chi connectivity index (χ4v) is 2.36. The van der Waals surface area contributed by atoms with E-state index in [2.05, 4.69) is 24.6 Å². The molecule has 1 fully saturated rings. The number of nitrogens with zero attached hydrogens (tertiary/aromatic N) is 2. The Morgan fingerprint density at radius 2 is 2.19 bits per heavy atom. The van der Waals surface area contributed by atoms with Crippen molar-refractivity contribution in [1.29, 1.82) is 0 Å². The molecule has 0 spiro atoms. The summed E-state index contributed by atoms with van der Waals surface area (Å²) in [5.74, 6) is 1.09. The second-order valence-electron chi connectivity index (χ2n) is 5.32. The number of rotatable bonds is 4. The summed E-state index contributed by atoms with van der Waals surface area (Å²) in [6.45, 7) is 7.20. The Morgan fingerprint density at radius 1 is 1.56 bits per heavy atom. The average molecular weight is 244 g/mol. The fraction of sp³-hybridized carbons (Fsp3) is 0.917. The van der Waals surface area contributed by atoms with E-state index in [0.717, 1.165) is 19.6 Å². The smallest absolute Gasteiger partial charge is 0.235 e. The normalized spacial score (nSPS) is 23.8. The minimum Gasteiger partial charge on any atom is -0.344 e. The van der Waals surface area contributed by atoms with Gasteiger partial charge in [-0.15, -0.1) is 0 Å². The molecule has 1 aliphatic rings. The molecule has 1 rings (SSSR count). The molecule has 0 aromatic rings. The van der Waals surface area contributed by atoms with Gasteiger partial charge in [0.15, 0.2) is 0 Å². The lowest BCUT2D eigenvalue weighted by molar-refractivity contribution is -0.130. The van der Waals surface area contributed by atoms with Gasteiger partial charge in [-0.3, -0.25) is 4.79 Å².